The van der Waals surface area contributed by atoms with Crippen LogP contribution in [0.25, 0.3) is 0 Å². The fraction of sp³-hybridized carbons (Fsp3) is 0.381. The average Bonchev–Trinajstić information content (AvgIpc) is 2.62. The quantitative estimate of drug-likeness (QED) is 0.936. The molecule has 0 aromatic heterocycles. The standard InChI is InChI=1S/C21H26N2O2/c1-16-9-7-8-12-18(16)20(24)23-14-13-21(25,19(15-23)22(2)3)17-10-5-4-6-11-17/h4-12,19,25H,13-15H2,1-3H3. The molecule has 1 N–H and O–H groups in total. The van der Waals surface area contributed by atoms with Gasteiger partial charge in [-0.3, -0.25) is 4.79 Å². The number of hydrogen-bond acceptors (Lipinski definition) is 3. The minimum atomic E-state index is -0.951. The monoisotopic (exact) mass is 338 g/mol. The zero-order valence-corrected chi connectivity index (χ0v) is 15.1. The van der Waals surface area contributed by atoms with Crippen LogP contribution < -0.4 is 0 Å². The summed E-state index contributed by atoms with van der Waals surface area (Å²) in [6.07, 6.45) is 0.525. The fourth-order valence-electron chi connectivity index (χ4n) is 3.74. The molecule has 1 aliphatic rings. The molecule has 2 atom stereocenters. The second-order valence-corrected chi connectivity index (χ2v) is 7.09. The predicted octanol–water partition coefficient (Wildman–Crippen LogP) is 2.66. The number of likely N-dealkylation sites (tertiary alicyclic amines) is 1. The molecule has 132 valence electrons. The number of piperidine rings is 1. The maximum absolute atomic E-state index is 13.0. The zero-order chi connectivity index (χ0) is 18.0. The van der Waals surface area contributed by atoms with Crippen molar-refractivity contribution in [2.24, 2.45) is 0 Å². The molecule has 0 saturated carbocycles. The lowest BCUT2D eigenvalue weighted by atomic mass is 9.79. The first-order valence-corrected chi connectivity index (χ1v) is 8.72. The van der Waals surface area contributed by atoms with Crippen LogP contribution in [0.5, 0.6) is 0 Å². The number of nitrogens with zero attached hydrogens (tertiary/aromatic N) is 2. The first-order valence-electron chi connectivity index (χ1n) is 8.72. The molecule has 1 aliphatic heterocycles. The van der Waals surface area contributed by atoms with Crippen LogP contribution in [0.1, 0.15) is 27.9 Å². The lowest BCUT2D eigenvalue weighted by Gasteiger charge is -2.47. The molecule has 2 aromatic rings. The summed E-state index contributed by atoms with van der Waals surface area (Å²) in [6.45, 7) is 3.01. The Kier molecular flexibility index (Phi) is 4.93. The van der Waals surface area contributed by atoms with Gasteiger partial charge in [-0.2, -0.15) is 0 Å². The highest BCUT2D eigenvalue weighted by molar-refractivity contribution is 5.95. The zero-order valence-electron chi connectivity index (χ0n) is 15.1. The highest BCUT2D eigenvalue weighted by Gasteiger charge is 2.45. The van der Waals surface area contributed by atoms with Crippen molar-refractivity contribution >= 4 is 5.91 Å². The van der Waals surface area contributed by atoms with Crippen LogP contribution in [0.4, 0.5) is 0 Å². The Morgan fingerprint density at radius 3 is 2.40 bits per heavy atom. The number of rotatable bonds is 3. The van der Waals surface area contributed by atoms with E-state index in [1.165, 1.54) is 0 Å². The van der Waals surface area contributed by atoms with Crippen LogP contribution in [0.15, 0.2) is 54.6 Å². The molecule has 1 fully saturated rings. The number of amides is 1. The van der Waals surface area contributed by atoms with Crippen molar-refractivity contribution in [1.82, 2.24) is 9.80 Å². The summed E-state index contributed by atoms with van der Waals surface area (Å²) >= 11 is 0. The number of aryl methyl sites for hydroxylation is 1. The number of aliphatic hydroxyl groups is 1. The Morgan fingerprint density at radius 2 is 1.76 bits per heavy atom. The second-order valence-electron chi connectivity index (χ2n) is 7.09. The molecular weight excluding hydrogens is 312 g/mol. The van der Waals surface area contributed by atoms with Crippen LogP contribution >= 0.6 is 0 Å². The minimum Gasteiger partial charge on any atom is -0.383 e. The summed E-state index contributed by atoms with van der Waals surface area (Å²) in [5.74, 6) is 0.0417. The van der Waals surface area contributed by atoms with Gasteiger partial charge >= 0.3 is 0 Å². The largest absolute Gasteiger partial charge is 0.383 e. The van der Waals surface area contributed by atoms with Gasteiger partial charge in [0.05, 0.1) is 6.04 Å². The van der Waals surface area contributed by atoms with Crippen LogP contribution in [0.3, 0.4) is 0 Å². The smallest absolute Gasteiger partial charge is 0.254 e. The third kappa shape index (κ3) is 3.32. The van der Waals surface area contributed by atoms with Gasteiger partial charge in [-0.25, -0.2) is 0 Å². The number of likely N-dealkylation sites (N-methyl/N-ethyl adjacent to an activating group) is 1. The van der Waals surface area contributed by atoms with Crippen LogP contribution in [0.2, 0.25) is 0 Å². The molecule has 4 heteroatoms. The highest BCUT2D eigenvalue weighted by atomic mass is 16.3. The molecule has 2 unspecified atom stereocenters. The molecular formula is C21H26N2O2. The number of carbonyl (C=O) groups is 1. The van der Waals surface area contributed by atoms with Crippen LogP contribution in [-0.4, -0.2) is 54.0 Å². The summed E-state index contributed by atoms with van der Waals surface area (Å²) < 4.78 is 0. The van der Waals surface area contributed by atoms with Crippen molar-refractivity contribution in [3.63, 3.8) is 0 Å². The van der Waals surface area contributed by atoms with Gasteiger partial charge in [0.25, 0.3) is 5.91 Å². The van der Waals surface area contributed by atoms with E-state index in [9.17, 15) is 9.90 Å². The van der Waals surface area contributed by atoms with Gasteiger partial charge in [-0.05, 0) is 44.6 Å². The molecule has 3 rings (SSSR count). The lowest BCUT2D eigenvalue weighted by Crippen LogP contribution is -2.60. The van der Waals surface area contributed by atoms with Gasteiger partial charge in [0.2, 0.25) is 0 Å². The van der Waals surface area contributed by atoms with Crippen molar-refractivity contribution in [3.8, 4) is 0 Å². The molecule has 1 amide bonds. The van der Waals surface area contributed by atoms with E-state index in [1.807, 2.05) is 85.4 Å². The molecule has 1 heterocycles. The second kappa shape index (κ2) is 6.98. The van der Waals surface area contributed by atoms with Crippen LogP contribution in [0, 0.1) is 6.92 Å². The minimum absolute atomic E-state index is 0.0417. The Labute approximate surface area is 149 Å². The predicted molar refractivity (Wildman–Crippen MR) is 99.5 cm³/mol. The maximum Gasteiger partial charge on any atom is 0.254 e. The SMILES string of the molecule is Cc1ccccc1C(=O)N1CCC(O)(c2ccccc2)C(N(C)C)C1. The molecule has 1 saturated heterocycles. The molecule has 0 spiro atoms. The maximum atomic E-state index is 13.0. The first-order chi connectivity index (χ1) is 11.9. The Bertz CT molecular complexity index is 745. The average molecular weight is 338 g/mol. The topological polar surface area (TPSA) is 43.8 Å². The third-order valence-electron chi connectivity index (χ3n) is 5.27. The van der Waals surface area contributed by atoms with E-state index in [-0.39, 0.29) is 11.9 Å². The summed E-state index contributed by atoms with van der Waals surface area (Å²) in [4.78, 5) is 16.8. The molecule has 0 radical (unpaired) electrons. The van der Waals surface area contributed by atoms with Crippen molar-refractivity contribution in [1.29, 1.82) is 0 Å². The Balaban J connectivity index is 1.87. The van der Waals surface area contributed by atoms with Gasteiger partial charge in [-0.1, -0.05) is 48.5 Å². The van der Waals surface area contributed by atoms with E-state index in [1.54, 1.807) is 0 Å². The normalized spacial score (nSPS) is 23.7. The molecule has 25 heavy (non-hydrogen) atoms. The Morgan fingerprint density at radius 1 is 1.12 bits per heavy atom. The number of hydrogen-bond donors (Lipinski definition) is 1. The van der Waals surface area contributed by atoms with Gasteiger partial charge in [-0.15, -0.1) is 0 Å². The molecule has 2 aromatic carbocycles. The lowest BCUT2D eigenvalue weighted by molar-refractivity contribution is -0.0810. The first kappa shape index (κ1) is 17.6. The summed E-state index contributed by atoms with van der Waals surface area (Å²) in [6, 6.07) is 17.3. The molecule has 0 bridgehead atoms. The van der Waals surface area contributed by atoms with Crippen molar-refractivity contribution in [2.75, 3.05) is 27.2 Å². The van der Waals surface area contributed by atoms with E-state index in [2.05, 4.69) is 0 Å². The summed E-state index contributed by atoms with van der Waals surface area (Å²) in [5, 5.41) is 11.4. The highest BCUT2D eigenvalue weighted by Crippen LogP contribution is 2.35. The van der Waals surface area contributed by atoms with E-state index in [0.29, 0.717) is 19.5 Å². The molecule has 0 aliphatic carbocycles. The van der Waals surface area contributed by atoms with Gasteiger partial charge < -0.3 is 14.9 Å². The van der Waals surface area contributed by atoms with E-state index >= 15 is 0 Å². The van der Waals surface area contributed by atoms with Gasteiger partial charge in [0.15, 0.2) is 0 Å². The van der Waals surface area contributed by atoms with E-state index in [0.717, 1.165) is 16.7 Å². The number of carbonyl (C=O) groups excluding carboxylic acids is 1. The third-order valence-corrected chi connectivity index (χ3v) is 5.27. The summed E-state index contributed by atoms with van der Waals surface area (Å²) in [7, 11) is 3.92. The number of benzene rings is 2. The van der Waals surface area contributed by atoms with Gasteiger partial charge in [0.1, 0.15) is 5.60 Å². The van der Waals surface area contributed by atoms with E-state index < -0.39 is 5.60 Å². The molecule has 4 nitrogen and oxygen atoms in total. The summed E-state index contributed by atoms with van der Waals surface area (Å²) in [5.41, 5.74) is 1.69. The van der Waals surface area contributed by atoms with E-state index in [4.69, 9.17) is 0 Å². The van der Waals surface area contributed by atoms with Crippen molar-refractivity contribution < 1.29 is 9.90 Å². The van der Waals surface area contributed by atoms with Crippen molar-refractivity contribution in [2.45, 2.75) is 25.0 Å². The van der Waals surface area contributed by atoms with Gasteiger partial charge in [0, 0.05) is 18.7 Å². The fourth-order valence-corrected chi connectivity index (χ4v) is 3.74. The van der Waals surface area contributed by atoms with Crippen LogP contribution in [-0.2, 0) is 5.60 Å². The Hall–Kier alpha value is -2.17. The van der Waals surface area contributed by atoms with Crippen molar-refractivity contribution in [3.05, 3.63) is 71.3 Å².